The van der Waals surface area contributed by atoms with Gasteiger partial charge in [0, 0.05) is 12.2 Å². The van der Waals surface area contributed by atoms with Crippen molar-refractivity contribution in [2.75, 3.05) is 11.9 Å². The van der Waals surface area contributed by atoms with E-state index in [4.69, 9.17) is 5.11 Å². The second kappa shape index (κ2) is 5.87. The molecule has 0 saturated carbocycles. The van der Waals surface area contributed by atoms with Crippen LogP contribution in [0.5, 0.6) is 0 Å². The minimum absolute atomic E-state index is 0.112. The molecule has 4 heteroatoms. The van der Waals surface area contributed by atoms with E-state index in [1.165, 1.54) is 5.56 Å². The van der Waals surface area contributed by atoms with E-state index in [2.05, 4.69) is 26.1 Å². The van der Waals surface area contributed by atoms with Gasteiger partial charge in [-0.2, -0.15) is 0 Å². The largest absolute Gasteiger partial charge is 0.481 e. The minimum Gasteiger partial charge on any atom is -0.481 e. The van der Waals surface area contributed by atoms with Crippen LogP contribution in [0.4, 0.5) is 5.69 Å². The van der Waals surface area contributed by atoms with Gasteiger partial charge in [0.15, 0.2) is 0 Å². The average molecular weight is 251 g/mol. The summed E-state index contributed by atoms with van der Waals surface area (Å²) in [6, 6.07) is 7.94. The monoisotopic (exact) mass is 251 g/mol. The highest BCUT2D eigenvalue weighted by molar-refractivity contribution is 5.67. The molecular weight excluding hydrogens is 230 g/mol. The smallest absolute Gasteiger partial charge is 0.306 e. The zero-order valence-corrected chi connectivity index (χ0v) is 11.1. The molecule has 0 aliphatic rings. The van der Waals surface area contributed by atoms with Crippen LogP contribution in [0.25, 0.3) is 0 Å². The van der Waals surface area contributed by atoms with Gasteiger partial charge in [0.05, 0.1) is 12.5 Å². The Morgan fingerprint density at radius 2 is 1.83 bits per heavy atom. The molecule has 0 saturated heterocycles. The van der Waals surface area contributed by atoms with Crippen molar-refractivity contribution in [3.8, 4) is 0 Å². The summed E-state index contributed by atoms with van der Waals surface area (Å²) in [5, 5.41) is 21.0. The molecule has 0 heterocycles. The van der Waals surface area contributed by atoms with Crippen molar-refractivity contribution in [3.63, 3.8) is 0 Å². The van der Waals surface area contributed by atoms with Crippen molar-refractivity contribution in [3.05, 3.63) is 29.8 Å². The van der Waals surface area contributed by atoms with Crippen LogP contribution < -0.4 is 5.32 Å². The lowest BCUT2D eigenvalue weighted by Gasteiger charge is -2.19. The van der Waals surface area contributed by atoms with E-state index in [9.17, 15) is 9.90 Å². The molecule has 1 unspecified atom stereocenters. The topological polar surface area (TPSA) is 69.6 Å². The van der Waals surface area contributed by atoms with Crippen LogP contribution in [-0.2, 0) is 10.2 Å². The number of carboxylic acids is 1. The van der Waals surface area contributed by atoms with Crippen LogP contribution in [0.2, 0.25) is 0 Å². The van der Waals surface area contributed by atoms with E-state index >= 15 is 0 Å². The Bertz CT molecular complexity index is 392. The number of aliphatic hydroxyl groups is 1. The maximum Gasteiger partial charge on any atom is 0.306 e. The number of carbonyl (C=O) groups is 1. The van der Waals surface area contributed by atoms with E-state index in [-0.39, 0.29) is 18.4 Å². The number of aliphatic hydroxyl groups excluding tert-OH is 1. The molecule has 0 aromatic heterocycles. The average Bonchev–Trinajstić information content (AvgIpc) is 2.25. The van der Waals surface area contributed by atoms with Gasteiger partial charge in [0.2, 0.25) is 0 Å². The highest BCUT2D eigenvalue weighted by Crippen LogP contribution is 2.23. The van der Waals surface area contributed by atoms with Gasteiger partial charge >= 0.3 is 5.97 Å². The molecule has 0 aliphatic carbocycles. The molecule has 4 nitrogen and oxygen atoms in total. The number of anilines is 1. The molecule has 18 heavy (non-hydrogen) atoms. The van der Waals surface area contributed by atoms with Gasteiger partial charge in [-0.3, -0.25) is 4.79 Å². The highest BCUT2D eigenvalue weighted by atomic mass is 16.4. The molecular formula is C14H21NO3. The molecule has 0 aliphatic heterocycles. The fourth-order valence-corrected chi connectivity index (χ4v) is 1.60. The molecule has 1 aromatic rings. The van der Waals surface area contributed by atoms with Crippen LogP contribution in [0.15, 0.2) is 24.3 Å². The summed E-state index contributed by atoms with van der Waals surface area (Å²) in [6.45, 7) is 6.67. The van der Waals surface area contributed by atoms with Crippen LogP contribution in [0, 0.1) is 0 Å². The second-order valence-electron chi connectivity index (χ2n) is 5.46. The lowest BCUT2D eigenvalue weighted by Crippen LogP contribution is -2.22. The van der Waals surface area contributed by atoms with Gasteiger partial charge in [-0.25, -0.2) is 0 Å². The van der Waals surface area contributed by atoms with Crippen molar-refractivity contribution in [1.82, 2.24) is 0 Å². The standard InChI is InChI=1S/C14H21NO3/c1-14(2,3)10-4-6-11(7-5-10)15-9-12(16)8-13(17)18/h4-7,12,15-16H,8-9H2,1-3H3,(H,17,18). The third-order valence-corrected chi connectivity index (χ3v) is 2.70. The first kappa shape index (κ1) is 14.5. The third kappa shape index (κ3) is 4.75. The van der Waals surface area contributed by atoms with Crippen molar-refractivity contribution in [1.29, 1.82) is 0 Å². The van der Waals surface area contributed by atoms with Crippen LogP contribution >= 0.6 is 0 Å². The first-order valence-corrected chi connectivity index (χ1v) is 6.03. The summed E-state index contributed by atoms with van der Waals surface area (Å²) in [7, 11) is 0. The van der Waals surface area contributed by atoms with Crippen LogP contribution in [0.3, 0.4) is 0 Å². The van der Waals surface area contributed by atoms with E-state index in [1.807, 2.05) is 24.3 Å². The van der Waals surface area contributed by atoms with Gasteiger partial charge in [-0.05, 0) is 23.1 Å². The number of carboxylic acid groups (broad SMARTS) is 1. The minimum atomic E-state index is -0.993. The van der Waals surface area contributed by atoms with Gasteiger partial charge < -0.3 is 15.5 Å². The molecule has 0 spiro atoms. The molecule has 0 fully saturated rings. The van der Waals surface area contributed by atoms with Crippen molar-refractivity contribution in [2.45, 2.75) is 38.7 Å². The van der Waals surface area contributed by atoms with E-state index in [0.29, 0.717) is 0 Å². The zero-order chi connectivity index (χ0) is 13.8. The summed E-state index contributed by atoms with van der Waals surface area (Å²) < 4.78 is 0. The molecule has 0 amide bonds. The molecule has 0 bridgehead atoms. The lowest BCUT2D eigenvalue weighted by atomic mass is 9.87. The Hall–Kier alpha value is -1.55. The van der Waals surface area contributed by atoms with Gasteiger partial charge in [-0.1, -0.05) is 32.9 Å². The summed E-state index contributed by atoms with van der Waals surface area (Å²) in [6.07, 6.45) is -1.11. The van der Waals surface area contributed by atoms with Crippen molar-refractivity contribution in [2.24, 2.45) is 0 Å². The van der Waals surface area contributed by atoms with Crippen molar-refractivity contribution < 1.29 is 15.0 Å². The number of nitrogens with one attached hydrogen (secondary N) is 1. The lowest BCUT2D eigenvalue weighted by molar-refractivity contribution is -0.138. The van der Waals surface area contributed by atoms with Crippen molar-refractivity contribution >= 4 is 11.7 Å². The van der Waals surface area contributed by atoms with E-state index in [1.54, 1.807) is 0 Å². The Morgan fingerprint density at radius 1 is 1.28 bits per heavy atom. The quantitative estimate of drug-likeness (QED) is 0.750. The number of hydrogen-bond donors (Lipinski definition) is 3. The number of aliphatic carboxylic acids is 1. The maximum atomic E-state index is 10.4. The van der Waals surface area contributed by atoms with Crippen LogP contribution in [0.1, 0.15) is 32.8 Å². The molecule has 3 N–H and O–H groups in total. The first-order chi connectivity index (χ1) is 8.29. The van der Waals surface area contributed by atoms with Crippen LogP contribution in [-0.4, -0.2) is 28.8 Å². The molecule has 100 valence electrons. The Balaban J connectivity index is 2.52. The summed E-state index contributed by atoms with van der Waals surface area (Å²) in [4.78, 5) is 10.4. The number of hydrogen-bond acceptors (Lipinski definition) is 3. The maximum absolute atomic E-state index is 10.4. The Kier molecular flexibility index (Phi) is 4.73. The summed E-state index contributed by atoms with van der Waals surface area (Å²) in [5.41, 5.74) is 2.23. The van der Waals surface area contributed by atoms with Gasteiger partial charge in [0.25, 0.3) is 0 Å². The third-order valence-electron chi connectivity index (χ3n) is 2.70. The highest BCUT2D eigenvalue weighted by Gasteiger charge is 2.13. The number of rotatable bonds is 5. The molecule has 0 radical (unpaired) electrons. The molecule has 1 aromatic carbocycles. The fraction of sp³-hybridized carbons (Fsp3) is 0.500. The summed E-state index contributed by atoms with van der Waals surface area (Å²) >= 11 is 0. The summed E-state index contributed by atoms with van der Waals surface area (Å²) in [5.74, 6) is -0.993. The Labute approximate surface area is 108 Å². The zero-order valence-electron chi connectivity index (χ0n) is 11.1. The van der Waals surface area contributed by atoms with Gasteiger partial charge in [-0.15, -0.1) is 0 Å². The SMILES string of the molecule is CC(C)(C)c1ccc(NCC(O)CC(=O)O)cc1. The molecule has 1 rings (SSSR count). The Morgan fingerprint density at radius 3 is 2.28 bits per heavy atom. The molecule has 1 atom stereocenters. The number of benzene rings is 1. The van der Waals surface area contributed by atoms with E-state index in [0.717, 1.165) is 5.69 Å². The predicted octanol–water partition coefficient (Wildman–Crippen LogP) is 2.23. The second-order valence-corrected chi connectivity index (χ2v) is 5.46. The van der Waals surface area contributed by atoms with Gasteiger partial charge in [0.1, 0.15) is 0 Å². The van der Waals surface area contributed by atoms with E-state index < -0.39 is 12.1 Å². The fourth-order valence-electron chi connectivity index (χ4n) is 1.60. The first-order valence-electron chi connectivity index (χ1n) is 6.03. The predicted molar refractivity (Wildman–Crippen MR) is 71.9 cm³/mol. The normalized spacial score (nSPS) is 13.1.